The summed E-state index contributed by atoms with van der Waals surface area (Å²) in [5.41, 5.74) is 2.13. The zero-order chi connectivity index (χ0) is 15.8. The molecule has 0 aromatic heterocycles. The van der Waals surface area contributed by atoms with Crippen LogP contribution in [0, 0.1) is 0 Å². The van der Waals surface area contributed by atoms with Gasteiger partial charge in [0.2, 0.25) is 0 Å². The molecule has 1 N–H and O–H groups in total. The smallest absolute Gasteiger partial charge is 0.340 e. The van der Waals surface area contributed by atoms with Crippen LogP contribution in [-0.2, 0) is 9.53 Å². The van der Waals surface area contributed by atoms with Gasteiger partial charge in [0.15, 0.2) is 0 Å². The molecule has 0 fully saturated rings. The van der Waals surface area contributed by atoms with Crippen molar-refractivity contribution in [3.05, 3.63) is 66.4 Å². The molecular weight excluding hydrogens is 278 g/mol. The summed E-state index contributed by atoms with van der Waals surface area (Å²) in [5, 5.41) is 3.12. The van der Waals surface area contributed by atoms with Crippen LogP contribution in [0.1, 0.15) is 12.5 Å². The van der Waals surface area contributed by atoms with Gasteiger partial charge in [0.05, 0.1) is 19.3 Å². The molecule has 4 heteroatoms. The predicted molar refractivity (Wildman–Crippen MR) is 87.7 cm³/mol. The molecule has 0 saturated heterocycles. The topological polar surface area (TPSA) is 47.6 Å². The van der Waals surface area contributed by atoms with Crippen molar-refractivity contribution in [2.75, 3.05) is 19.0 Å². The van der Waals surface area contributed by atoms with Gasteiger partial charge in [0.25, 0.3) is 0 Å². The number of carbonyl (C=O) groups is 1. The van der Waals surface area contributed by atoms with E-state index in [1.54, 1.807) is 20.2 Å². The largest absolute Gasteiger partial charge is 0.497 e. The number of rotatable bonds is 6. The molecule has 0 heterocycles. The molecule has 0 aliphatic rings. The van der Waals surface area contributed by atoms with Gasteiger partial charge in [-0.15, -0.1) is 0 Å². The molecule has 0 aliphatic carbocycles. The second-order valence-corrected chi connectivity index (χ2v) is 4.52. The van der Waals surface area contributed by atoms with Crippen LogP contribution in [0.15, 0.2) is 60.8 Å². The molecule has 0 aliphatic heterocycles. The van der Waals surface area contributed by atoms with Gasteiger partial charge in [-0.2, -0.15) is 0 Å². The third-order valence-electron chi connectivity index (χ3n) is 3.05. The molecule has 0 radical (unpaired) electrons. The number of methoxy groups -OCH3 is 1. The number of ether oxygens (including phenoxy) is 2. The van der Waals surface area contributed by atoms with Crippen molar-refractivity contribution in [3.63, 3.8) is 0 Å². The molecule has 0 spiro atoms. The van der Waals surface area contributed by atoms with E-state index in [-0.39, 0.29) is 5.97 Å². The van der Waals surface area contributed by atoms with Gasteiger partial charge in [-0.3, -0.25) is 0 Å². The molecule has 0 amide bonds. The monoisotopic (exact) mass is 297 g/mol. The fourth-order valence-corrected chi connectivity index (χ4v) is 1.93. The number of esters is 1. The summed E-state index contributed by atoms with van der Waals surface area (Å²) in [4.78, 5) is 12.2. The van der Waals surface area contributed by atoms with Gasteiger partial charge >= 0.3 is 5.97 Å². The van der Waals surface area contributed by atoms with E-state index in [0.717, 1.165) is 17.0 Å². The number of carbonyl (C=O) groups excluding carboxylic acids is 1. The third-order valence-corrected chi connectivity index (χ3v) is 3.05. The Morgan fingerprint density at radius 1 is 1.09 bits per heavy atom. The Morgan fingerprint density at radius 3 is 2.36 bits per heavy atom. The Hall–Kier alpha value is -2.75. The van der Waals surface area contributed by atoms with Crippen LogP contribution in [0.3, 0.4) is 0 Å². The Labute approximate surface area is 130 Å². The van der Waals surface area contributed by atoms with Gasteiger partial charge in [0.1, 0.15) is 5.75 Å². The molecule has 22 heavy (non-hydrogen) atoms. The van der Waals surface area contributed by atoms with E-state index < -0.39 is 0 Å². The lowest BCUT2D eigenvalue weighted by Gasteiger charge is -2.09. The Kier molecular flexibility index (Phi) is 5.60. The van der Waals surface area contributed by atoms with E-state index in [2.05, 4.69) is 5.32 Å². The van der Waals surface area contributed by atoms with Crippen LogP contribution in [0.25, 0.3) is 5.57 Å². The van der Waals surface area contributed by atoms with E-state index in [4.69, 9.17) is 9.47 Å². The van der Waals surface area contributed by atoms with Crippen molar-refractivity contribution < 1.29 is 14.3 Å². The highest BCUT2D eigenvalue weighted by molar-refractivity contribution is 6.16. The highest BCUT2D eigenvalue weighted by atomic mass is 16.5. The minimum absolute atomic E-state index is 0.331. The second kappa shape index (κ2) is 7.88. The van der Waals surface area contributed by atoms with Crippen molar-refractivity contribution in [1.82, 2.24) is 0 Å². The number of hydrogen-bond donors (Lipinski definition) is 1. The highest BCUT2D eigenvalue weighted by Gasteiger charge is 2.13. The van der Waals surface area contributed by atoms with Gasteiger partial charge in [-0.05, 0) is 36.8 Å². The fourth-order valence-electron chi connectivity index (χ4n) is 1.93. The van der Waals surface area contributed by atoms with E-state index in [9.17, 15) is 4.79 Å². The summed E-state index contributed by atoms with van der Waals surface area (Å²) in [6.07, 6.45) is 1.66. The normalized spacial score (nSPS) is 10.9. The van der Waals surface area contributed by atoms with Crippen molar-refractivity contribution in [3.8, 4) is 5.75 Å². The van der Waals surface area contributed by atoms with Crippen LogP contribution in [0.2, 0.25) is 0 Å². The number of benzene rings is 2. The zero-order valence-corrected chi connectivity index (χ0v) is 12.7. The Morgan fingerprint density at radius 2 is 1.77 bits per heavy atom. The molecule has 114 valence electrons. The summed E-state index contributed by atoms with van der Waals surface area (Å²) in [6.45, 7) is 2.12. The summed E-state index contributed by atoms with van der Waals surface area (Å²) in [5.74, 6) is 0.374. The van der Waals surface area contributed by atoms with E-state index >= 15 is 0 Å². The van der Waals surface area contributed by atoms with E-state index in [0.29, 0.717) is 12.2 Å². The van der Waals surface area contributed by atoms with Gasteiger partial charge < -0.3 is 14.8 Å². The zero-order valence-electron chi connectivity index (χ0n) is 12.7. The van der Waals surface area contributed by atoms with E-state index in [1.807, 2.05) is 54.6 Å². The average Bonchev–Trinajstić information content (AvgIpc) is 2.57. The Bertz CT molecular complexity index is 633. The van der Waals surface area contributed by atoms with Gasteiger partial charge in [0, 0.05) is 11.9 Å². The average molecular weight is 297 g/mol. The fraction of sp³-hybridized carbons (Fsp3) is 0.167. The predicted octanol–water partition coefficient (Wildman–Crippen LogP) is 3.71. The van der Waals surface area contributed by atoms with Crippen molar-refractivity contribution in [1.29, 1.82) is 0 Å². The molecule has 2 aromatic carbocycles. The first-order valence-corrected chi connectivity index (χ1v) is 7.08. The second-order valence-electron chi connectivity index (χ2n) is 4.52. The van der Waals surface area contributed by atoms with Crippen LogP contribution in [0.4, 0.5) is 5.69 Å². The lowest BCUT2D eigenvalue weighted by molar-refractivity contribution is -0.136. The lowest BCUT2D eigenvalue weighted by atomic mass is 10.1. The molecule has 0 bridgehead atoms. The molecule has 0 unspecified atom stereocenters. The van der Waals surface area contributed by atoms with Crippen LogP contribution >= 0.6 is 0 Å². The summed E-state index contributed by atoms with van der Waals surface area (Å²) < 4.78 is 10.3. The summed E-state index contributed by atoms with van der Waals surface area (Å²) in [7, 11) is 1.61. The number of para-hydroxylation sites is 1. The first-order valence-electron chi connectivity index (χ1n) is 7.08. The first kappa shape index (κ1) is 15.6. The first-order chi connectivity index (χ1) is 10.7. The molecule has 4 nitrogen and oxygen atoms in total. The van der Waals surface area contributed by atoms with E-state index in [1.165, 1.54) is 0 Å². The maximum Gasteiger partial charge on any atom is 0.340 e. The summed E-state index contributed by atoms with van der Waals surface area (Å²) >= 11 is 0. The lowest BCUT2D eigenvalue weighted by Crippen LogP contribution is -2.08. The summed E-state index contributed by atoms with van der Waals surface area (Å²) in [6, 6.07) is 16.9. The standard InChI is InChI=1S/C18H19NO3/c1-3-22-18(20)17(13-19-15-7-5-4-6-8-15)14-9-11-16(21-2)12-10-14/h4-13,19H,3H2,1-2H3/b17-13-. The maximum absolute atomic E-state index is 12.2. The number of hydrogen-bond acceptors (Lipinski definition) is 4. The molecule has 0 atom stereocenters. The minimum Gasteiger partial charge on any atom is -0.497 e. The SMILES string of the molecule is CCOC(=O)/C(=C\Nc1ccccc1)c1ccc(OC)cc1. The highest BCUT2D eigenvalue weighted by Crippen LogP contribution is 2.20. The Balaban J connectivity index is 2.27. The van der Waals surface area contributed by atoms with Crippen molar-refractivity contribution in [2.24, 2.45) is 0 Å². The van der Waals surface area contributed by atoms with Gasteiger partial charge in [-0.25, -0.2) is 4.79 Å². The number of nitrogens with one attached hydrogen (secondary N) is 1. The van der Waals surface area contributed by atoms with Crippen molar-refractivity contribution >= 4 is 17.2 Å². The minimum atomic E-state index is -0.365. The quantitative estimate of drug-likeness (QED) is 0.652. The molecule has 0 saturated carbocycles. The maximum atomic E-state index is 12.2. The molecular formula is C18H19NO3. The third kappa shape index (κ3) is 4.12. The van der Waals surface area contributed by atoms with Gasteiger partial charge in [-0.1, -0.05) is 30.3 Å². The molecule has 2 rings (SSSR count). The number of anilines is 1. The van der Waals surface area contributed by atoms with Crippen LogP contribution in [0.5, 0.6) is 5.75 Å². The van der Waals surface area contributed by atoms with Crippen LogP contribution < -0.4 is 10.1 Å². The van der Waals surface area contributed by atoms with Crippen molar-refractivity contribution in [2.45, 2.75) is 6.92 Å². The molecule has 2 aromatic rings. The van der Waals surface area contributed by atoms with Crippen LogP contribution in [-0.4, -0.2) is 19.7 Å².